The molecule has 0 bridgehead atoms. The number of benzene rings is 1. The molecule has 3 nitrogen and oxygen atoms in total. The fourth-order valence-corrected chi connectivity index (χ4v) is 3.90. The van der Waals surface area contributed by atoms with Gasteiger partial charge in [0.15, 0.2) is 23.2 Å². The Bertz CT molecular complexity index is 837. The molecule has 0 spiro atoms. The van der Waals surface area contributed by atoms with Crippen LogP contribution in [-0.2, 0) is 0 Å². The summed E-state index contributed by atoms with van der Waals surface area (Å²) in [4.78, 5) is 8.38. The van der Waals surface area contributed by atoms with Crippen LogP contribution < -0.4 is 4.74 Å². The second kappa shape index (κ2) is 17.2. The Morgan fingerprint density at radius 2 is 1.32 bits per heavy atom. The van der Waals surface area contributed by atoms with Crippen LogP contribution >= 0.6 is 0 Å². The van der Waals surface area contributed by atoms with E-state index in [0.29, 0.717) is 12.4 Å². The summed E-state index contributed by atoms with van der Waals surface area (Å²) in [7, 11) is 0. The highest BCUT2D eigenvalue weighted by atomic mass is 19.2. The summed E-state index contributed by atoms with van der Waals surface area (Å²) in [5.41, 5.74) is 0.309. The Morgan fingerprint density at radius 3 is 1.97 bits per heavy atom. The summed E-state index contributed by atoms with van der Waals surface area (Å²) in [6, 6.07) is 3.12. The van der Waals surface area contributed by atoms with E-state index >= 15 is 0 Å². The van der Waals surface area contributed by atoms with Crippen LogP contribution in [0.3, 0.4) is 0 Å². The second-order valence-corrected chi connectivity index (χ2v) is 9.00. The van der Waals surface area contributed by atoms with Crippen LogP contribution in [0, 0.1) is 11.6 Å². The van der Waals surface area contributed by atoms with Gasteiger partial charge in [-0.2, -0.15) is 0 Å². The summed E-state index contributed by atoms with van der Waals surface area (Å²) in [6.45, 7) is 5.03. The molecule has 0 amide bonds. The Kier molecular flexibility index (Phi) is 14.1. The molecule has 0 aliphatic rings. The molecule has 34 heavy (non-hydrogen) atoms. The molecule has 188 valence electrons. The smallest absolute Gasteiger partial charge is 0.170 e. The van der Waals surface area contributed by atoms with Crippen molar-refractivity contribution in [1.29, 1.82) is 0 Å². The first kappa shape index (κ1) is 27.9. The topological polar surface area (TPSA) is 35.0 Å². The van der Waals surface area contributed by atoms with Gasteiger partial charge in [0.2, 0.25) is 0 Å². The zero-order valence-electron chi connectivity index (χ0n) is 21.1. The van der Waals surface area contributed by atoms with E-state index in [1.165, 1.54) is 82.7 Å². The average Bonchev–Trinajstić information content (AvgIpc) is 2.85. The van der Waals surface area contributed by atoms with Gasteiger partial charge in [-0.25, -0.2) is 18.7 Å². The van der Waals surface area contributed by atoms with Crippen molar-refractivity contribution in [2.45, 2.75) is 104 Å². The van der Waals surface area contributed by atoms with Gasteiger partial charge in [-0.05, 0) is 25.3 Å². The van der Waals surface area contributed by atoms with E-state index in [1.54, 1.807) is 12.1 Å². The molecule has 1 aromatic carbocycles. The van der Waals surface area contributed by atoms with Gasteiger partial charge in [-0.15, -0.1) is 0 Å². The molecular formula is C29H42F2N2O. The van der Waals surface area contributed by atoms with Crippen LogP contribution in [0.1, 0.15) is 109 Å². The van der Waals surface area contributed by atoms with Gasteiger partial charge in [0, 0.05) is 5.56 Å². The van der Waals surface area contributed by atoms with Gasteiger partial charge in [0.25, 0.3) is 0 Å². The van der Waals surface area contributed by atoms with Crippen molar-refractivity contribution in [1.82, 2.24) is 9.97 Å². The van der Waals surface area contributed by atoms with Crippen LogP contribution in [0.15, 0.2) is 30.6 Å². The van der Waals surface area contributed by atoms with Crippen molar-refractivity contribution in [2.75, 3.05) is 6.61 Å². The van der Waals surface area contributed by atoms with Crippen molar-refractivity contribution in [3.63, 3.8) is 0 Å². The lowest BCUT2D eigenvalue weighted by molar-refractivity contribution is 0.302. The van der Waals surface area contributed by atoms with Crippen LogP contribution in [0.4, 0.5) is 8.78 Å². The number of hydrogen-bond acceptors (Lipinski definition) is 3. The standard InChI is InChI=1S/C29H42F2N2O/c1-3-5-7-9-11-13-15-17-21-34-25-22-32-29(33-23-25)26-20-19-24(27(30)28(26)31)18-16-14-12-10-8-6-4-2/h16,18-20,22-23H,3-15,17,21H2,1-2H3. The highest BCUT2D eigenvalue weighted by molar-refractivity contribution is 5.61. The van der Waals surface area contributed by atoms with E-state index in [-0.39, 0.29) is 17.0 Å². The van der Waals surface area contributed by atoms with Gasteiger partial charge in [0.1, 0.15) is 0 Å². The second-order valence-electron chi connectivity index (χ2n) is 9.00. The maximum absolute atomic E-state index is 14.7. The minimum atomic E-state index is -0.919. The summed E-state index contributed by atoms with van der Waals surface area (Å²) in [6.07, 6.45) is 23.3. The molecule has 0 radical (unpaired) electrons. The summed E-state index contributed by atoms with van der Waals surface area (Å²) in [5.74, 6) is -1.08. The van der Waals surface area contributed by atoms with Crippen molar-refractivity contribution >= 4 is 6.08 Å². The van der Waals surface area contributed by atoms with E-state index in [4.69, 9.17) is 4.74 Å². The third kappa shape index (κ3) is 10.3. The van der Waals surface area contributed by atoms with Crippen LogP contribution in [0.25, 0.3) is 17.5 Å². The number of hydrogen-bond donors (Lipinski definition) is 0. The molecule has 0 saturated carbocycles. The van der Waals surface area contributed by atoms with Crippen molar-refractivity contribution < 1.29 is 13.5 Å². The SMILES string of the molecule is CCCCCCCC=Cc1ccc(-c2ncc(OCCCCCCCCCC)cn2)c(F)c1F. The quantitative estimate of drug-likeness (QED) is 0.203. The molecular weight excluding hydrogens is 430 g/mol. The lowest BCUT2D eigenvalue weighted by atomic mass is 10.1. The Hall–Kier alpha value is -2.30. The Morgan fingerprint density at radius 1 is 0.735 bits per heavy atom. The predicted octanol–water partition coefficient (Wildman–Crippen LogP) is 9.31. The van der Waals surface area contributed by atoms with Gasteiger partial charge in [-0.1, -0.05) is 103 Å². The zero-order chi connectivity index (χ0) is 24.4. The highest BCUT2D eigenvalue weighted by Crippen LogP contribution is 2.25. The van der Waals surface area contributed by atoms with E-state index in [2.05, 4.69) is 23.8 Å². The van der Waals surface area contributed by atoms with Crippen molar-refractivity contribution in [3.8, 4) is 17.1 Å². The third-order valence-corrected chi connectivity index (χ3v) is 6.02. The molecule has 0 aliphatic carbocycles. The van der Waals surface area contributed by atoms with Crippen molar-refractivity contribution in [3.05, 3.63) is 47.8 Å². The van der Waals surface area contributed by atoms with E-state index in [9.17, 15) is 8.78 Å². The van der Waals surface area contributed by atoms with E-state index < -0.39 is 11.6 Å². The zero-order valence-corrected chi connectivity index (χ0v) is 21.1. The lowest BCUT2D eigenvalue weighted by Crippen LogP contribution is -2.00. The maximum Gasteiger partial charge on any atom is 0.170 e. The minimum Gasteiger partial charge on any atom is -0.490 e. The van der Waals surface area contributed by atoms with Gasteiger partial charge >= 0.3 is 0 Å². The average molecular weight is 473 g/mol. The maximum atomic E-state index is 14.7. The number of ether oxygens (including phenoxy) is 1. The third-order valence-electron chi connectivity index (χ3n) is 6.02. The van der Waals surface area contributed by atoms with Gasteiger partial charge < -0.3 is 4.74 Å². The molecule has 0 saturated heterocycles. The largest absolute Gasteiger partial charge is 0.490 e. The Labute approximate surface area is 205 Å². The first-order chi connectivity index (χ1) is 16.7. The molecule has 0 aliphatic heterocycles. The monoisotopic (exact) mass is 472 g/mol. The fourth-order valence-electron chi connectivity index (χ4n) is 3.90. The summed E-state index contributed by atoms with van der Waals surface area (Å²) < 4.78 is 34.9. The highest BCUT2D eigenvalue weighted by Gasteiger charge is 2.15. The molecule has 2 aromatic rings. The van der Waals surface area contributed by atoms with E-state index in [1.807, 2.05) is 6.08 Å². The van der Waals surface area contributed by atoms with Crippen LogP contribution in [-0.4, -0.2) is 16.6 Å². The fraction of sp³-hybridized carbons (Fsp3) is 0.586. The first-order valence-corrected chi connectivity index (χ1v) is 13.3. The number of allylic oxidation sites excluding steroid dienone is 1. The van der Waals surface area contributed by atoms with Gasteiger partial charge in [-0.3, -0.25) is 0 Å². The predicted molar refractivity (Wildman–Crippen MR) is 138 cm³/mol. The summed E-state index contributed by atoms with van der Waals surface area (Å²) in [5, 5.41) is 0. The number of rotatable bonds is 18. The minimum absolute atomic E-state index is 0.0591. The first-order valence-electron chi connectivity index (χ1n) is 13.3. The van der Waals surface area contributed by atoms with E-state index in [0.717, 1.165) is 25.7 Å². The molecule has 0 unspecified atom stereocenters. The number of aromatic nitrogens is 2. The molecule has 5 heteroatoms. The summed E-state index contributed by atoms with van der Waals surface area (Å²) >= 11 is 0. The van der Waals surface area contributed by atoms with Crippen LogP contribution in [0.2, 0.25) is 0 Å². The van der Waals surface area contributed by atoms with Crippen molar-refractivity contribution in [2.24, 2.45) is 0 Å². The molecule has 0 atom stereocenters. The molecule has 1 aromatic heterocycles. The molecule has 0 N–H and O–H groups in total. The lowest BCUT2D eigenvalue weighted by Gasteiger charge is -2.08. The Balaban J connectivity index is 1.78. The number of nitrogens with zero attached hydrogens (tertiary/aromatic N) is 2. The normalized spacial score (nSPS) is 11.4. The molecule has 1 heterocycles. The van der Waals surface area contributed by atoms with Crippen LogP contribution in [0.5, 0.6) is 5.75 Å². The number of unbranched alkanes of at least 4 members (excludes halogenated alkanes) is 12. The van der Waals surface area contributed by atoms with Gasteiger partial charge in [0.05, 0.1) is 24.6 Å². The molecule has 0 fully saturated rings. The molecule has 2 rings (SSSR count). The number of halogens is 2.